The molecule has 5 heteroatoms. The number of likely N-dealkylation sites (N-methyl/N-ethyl adjacent to an activating group) is 1. The van der Waals surface area contributed by atoms with Crippen LogP contribution in [0.4, 0.5) is 5.69 Å². The fourth-order valence-corrected chi connectivity index (χ4v) is 2.88. The minimum Gasteiger partial charge on any atom is -0.339 e. The van der Waals surface area contributed by atoms with Gasteiger partial charge in [0.2, 0.25) is 5.91 Å². The molecule has 1 aliphatic carbocycles. The third-order valence-corrected chi connectivity index (χ3v) is 4.42. The lowest BCUT2D eigenvalue weighted by Crippen LogP contribution is -2.38. The topological polar surface area (TPSA) is 63.5 Å². The van der Waals surface area contributed by atoms with Crippen LogP contribution in [0.25, 0.3) is 6.08 Å². The van der Waals surface area contributed by atoms with Gasteiger partial charge in [0, 0.05) is 25.2 Å². The van der Waals surface area contributed by atoms with Gasteiger partial charge in [0.15, 0.2) is 0 Å². The molecule has 0 saturated heterocycles. The Morgan fingerprint density at radius 3 is 2.55 bits per heavy atom. The summed E-state index contributed by atoms with van der Waals surface area (Å²) in [7, 11) is 1.81. The second-order valence-corrected chi connectivity index (χ2v) is 6.01. The fraction of sp³-hybridized carbons (Fsp3) is 0.471. The molecule has 22 heavy (non-hydrogen) atoms. The van der Waals surface area contributed by atoms with Crippen LogP contribution in [0.1, 0.15) is 38.2 Å². The molecular weight excluding hydrogens is 280 g/mol. The number of nitro groups is 1. The highest BCUT2D eigenvalue weighted by molar-refractivity contribution is 5.92. The summed E-state index contributed by atoms with van der Waals surface area (Å²) in [5.74, 6) is 0.639. The van der Waals surface area contributed by atoms with E-state index in [2.05, 4.69) is 6.92 Å². The van der Waals surface area contributed by atoms with Gasteiger partial charge in [-0.15, -0.1) is 0 Å². The zero-order valence-electron chi connectivity index (χ0n) is 13.1. The van der Waals surface area contributed by atoms with Gasteiger partial charge < -0.3 is 4.90 Å². The van der Waals surface area contributed by atoms with Gasteiger partial charge in [0.1, 0.15) is 0 Å². The molecule has 0 unspecified atom stereocenters. The lowest BCUT2D eigenvalue weighted by atomic mass is 9.87. The molecule has 5 nitrogen and oxygen atoms in total. The standard InChI is InChI=1S/C17H22N2O3/c1-13-7-10-15(11-8-13)18(2)17(20)12-9-14-5-3-4-6-16(14)19(21)22/h3-6,9,12-13,15H,7-8,10-11H2,1-2H3/b12-9+. The number of amides is 1. The fourth-order valence-electron chi connectivity index (χ4n) is 2.88. The highest BCUT2D eigenvalue weighted by Crippen LogP contribution is 2.26. The monoisotopic (exact) mass is 302 g/mol. The molecule has 0 radical (unpaired) electrons. The van der Waals surface area contributed by atoms with E-state index in [0.29, 0.717) is 5.56 Å². The smallest absolute Gasteiger partial charge is 0.276 e. The van der Waals surface area contributed by atoms with Crippen LogP contribution in [0.5, 0.6) is 0 Å². The van der Waals surface area contributed by atoms with Crippen molar-refractivity contribution in [2.75, 3.05) is 7.05 Å². The summed E-state index contributed by atoms with van der Waals surface area (Å²) in [6.45, 7) is 2.24. The summed E-state index contributed by atoms with van der Waals surface area (Å²) in [4.78, 5) is 24.5. The molecule has 1 saturated carbocycles. The second-order valence-electron chi connectivity index (χ2n) is 6.01. The number of carbonyl (C=O) groups is 1. The SMILES string of the molecule is CC1CCC(N(C)C(=O)/C=C/c2ccccc2[N+](=O)[O-])CC1. The van der Waals surface area contributed by atoms with Crippen molar-refractivity contribution in [3.8, 4) is 0 Å². The van der Waals surface area contributed by atoms with Crippen LogP contribution in [0.2, 0.25) is 0 Å². The third-order valence-electron chi connectivity index (χ3n) is 4.42. The number of hydrogen-bond acceptors (Lipinski definition) is 3. The van der Waals surface area contributed by atoms with Crippen LogP contribution in [-0.4, -0.2) is 28.8 Å². The molecule has 0 atom stereocenters. The zero-order chi connectivity index (χ0) is 16.1. The molecule has 0 bridgehead atoms. The van der Waals surface area contributed by atoms with Gasteiger partial charge in [-0.05, 0) is 43.7 Å². The van der Waals surface area contributed by atoms with Crippen LogP contribution in [0, 0.1) is 16.0 Å². The lowest BCUT2D eigenvalue weighted by Gasteiger charge is -2.33. The van der Waals surface area contributed by atoms with E-state index in [-0.39, 0.29) is 17.6 Å². The number of nitrogens with zero attached hydrogens (tertiary/aromatic N) is 2. The Balaban J connectivity index is 2.03. The summed E-state index contributed by atoms with van der Waals surface area (Å²) in [6.07, 6.45) is 7.32. The lowest BCUT2D eigenvalue weighted by molar-refractivity contribution is -0.385. The highest BCUT2D eigenvalue weighted by atomic mass is 16.6. The molecule has 2 rings (SSSR count). The van der Waals surface area contributed by atoms with Gasteiger partial charge >= 0.3 is 0 Å². The maximum Gasteiger partial charge on any atom is 0.276 e. The van der Waals surface area contributed by atoms with Crippen molar-refractivity contribution < 1.29 is 9.72 Å². The molecule has 1 aromatic carbocycles. The van der Waals surface area contributed by atoms with Gasteiger partial charge in [0.05, 0.1) is 10.5 Å². The van der Waals surface area contributed by atoms with E-state index in [0.717, 1.165) is 31.6 Å². The molecule has 0 spiro atoms. The van der Waals surface area contributed by atoms with Crippen LogP contribution in [0.15, 0.2) is 30.3 Å². The van der Waals surface area contributed by atoms with Crippen LogP contribution in [-0.2, 0) is 4.79 Å². The summed E-state index contributed by atoms with van der Waals surface area (Å²) in [6, 6.07) is 6.70. The molecule has 0 N–H and O–H groups in total. The average molecular weight is 302 g/mol. The Morgan fingerprint density at radius 2 is 1.91 bits per heavy atom. The first kappa shape index (κ1) is 16.2. The summed E-state index contributed by atoms with van der Waals surface area (Å²) in [5, 5.41) is 11.0. The molecule has 0 aliphatic heterocycles. The Bertz CT molecular complexity index is 575. The van der Waals surface area contributed by atoms with Crippen molar-refractivity contribution in [1.29, 1.82) is 0 Å². The zero-order valence-corrected chi connectivity index (χ0v) is 13.1. The minimum atomic E-state index is -0.434. The van der Waals surface area contributed by atoms with E-state index in [9.17, 15) is 14.9 Å². The number of rotatable bonds is 4. The first-order valence-corrected chi connectivity index (χ1v) is 7.67. The number of hydrogen-bond donors (Lipinski definition) is 0. The average Bonchev–Trinajstić information content (AvgIpc) is 2.52. The van der Waals surface area contributed by atoms with Gasteiger partial charge in [0.25, 0.3) is 5.69 Å². The first-order valence-electron chi connectivity index (χ1n) is 7.67. The van der Waals surface area contributed by atoms with Crippen molar-refractivity contribution in [2.24, 2.45) is 5.92 Å². The summed E-state index contributed by atoms with van der Waals surface area (Å²) < 4.78 is 0. The van der Waals surface area contributed by atoms with Crippen molar-refractivity contribution >= 4 is 17.7 Å². The van der Waals surface area contributed by atoms with Crippen LogP contribution in [0.3, 0.4) is 0 Å². The molecule has 1 amide bonds. The van der Waals surface area contributed by atoms with Crippen molar-refractivity contribution in [3.63, 3.8) is 0 Å². The Kier molecular flexibility index (Phi) is 5.31. The van der Waals surface area contributed by atoms with Crippen molar-refractivity contribution in [1.82, 2.24) is 4.90 Å². The van der Waals surface area contributed by atoms with Crippen molar-refractivity contribution in [3.05, 3.63) is 46.0 Å². The molecule has 0 aromatic heterocycles. The maximum absolute atomic E-state index is 12.2. The third kappa shape index (κ3) is 3.93. The van der Waals surface area contributed by atoms with E-state index in [4.69, 9.17) is 0 Å². The molecule has 1 aliphatic rings. The van der Waals surface area contributed by atoms with E-state index in [1.165, 1.54) is 18.2 Å². The minimum absolute atomic E-state index is 0.0145. The summed E-state index contributed by atoms with van der Waals surface area (Å²) >= 11 is 0. The Morgan fingerprint density at radius 1 is 1.27 bits per heavy atom. The predicted octanol–water partition coefficient (Wildman–Crippen LogP) is 3.65. The van der Waals surface area contributed by atoms with Crippen LogP contribution >= 0.6 is 0 Å². The molecule has 118 valence electrons. The number of nitro benzene ring substituents is 1. The number of benzene rings is 1. The van der Waals surface area contributed by atoms with E-state index >= 15 is 0 Å². The van der Waals surface area contributed by atoms with E-state index in [1.807, 2.05) is 7.05 Å². The number of para-hydroxylation sites is 1. The predicted molar refractivity (Wildman–Crippen MR) is 86.3 cm³/mol. The van der Waals surface area contributed by atoms with E-state index in [1.54, 1.807) is 23.1 Å². The van der Waals surface area contributed by atoms with Gasteiger partial charge in [-0.1, -0.05) is 19.1 Å². The van der Waals surface area contributed by atoms with Gasteiger partial charge in [-0.2, -0.15) is 0 Å². The largest absolute Gasteiger partial charge is 0.339 e. The molecular formula is C17H22N2O3. The maximum atomic E-state index is 12.2. The molecule has 1 fully saturated rings. The summed E-state index contributed by atoms with van der Waals surface area (Å²) in [5.41, 5.74) is 0.465. The quantitative estimate of drug-likeness (QED) is 0.484. The van der Waals surface area contributed by atoms with Crippen molar-refractivity contribution in [2.45, 2.75) is 38.6 Å². The second kappa shape index (κ2) is 7.20. The Labute approximate surface area is 130 Å². The molecule has 0 heterocycles. The van der Waals surface area contributed by atoms with Gasteiger partial charge in [-0.3, -0.25) is 14.9 Å². The molecule has 1 aromatic rings. The van der Waals surface area contributed by atoms with Crippen LogP contribution < -0.4 is 0 Å². The highest BCUT2D eigenvalue weighted by Gasteiger charge is 2.23. The normalized spacial score (nSPS) is 21.7. The Hall–Kier alpha value is -2.17. The van der Waals surface area contributed by atoms with Gasteiger partial charge in [-0.25, -0.2) is 0 Å². The van der Waals surface area contributed by atoms with E-state index < -0.39 is 4.92 Å². The first-order chi connectivity index (χ1) is 10.5. The number of carbonyl (C=O) groups excluding carboxylic acids is 1.